The maximum atomic E-state index is 13.9. The average Bonchev–Trinajstić information content (AvgIpc) is 3.47. The van der Waals surface area contributed by atoms with Gasteiger partial charge in [-0.05, 0) is 37.6 Å². The van der Waals surface area contributed by atoms with Crippen molar-refractivity contribution in [2.45, 2.75) is 31.5 Å². The van der Waals surface area contributed by atoms with Crippen molar-refractivity contribution in [3.63, 3.8) is 0 Å². The number of hydrogen-bond donors (Lipinski definition) is 2. The van der Waals surface area contributed by atoms with Crippen LogP contribution in [0.15, 0.2) is 36.7 Å². The highest BCUT2D eigenvalue weighted by Crippen LogP contribution is 2.37. The highest BCUT2D eigenvalue weighted by molar-refractivity contribution is 6.36. The number of pyridine rings is 1. The molecule has 174 valence electrons. The molecule has 1 aromatic carbocycles. The third-order valence-electron chi connectivity index (χ3n) is 5.54. The first-order valence-electron chi connectivity index (χ1n) is 10.2. The Labute approximate surface area is 199 Å². The lowest BCUT2D eigenvalue weighted by Crippen LogP contribution is -2.31. The smallest absolute Gasteiger partial charge is 0.322 e. The van der Waals surface area contributed by atoms with Gasteiger partial charge in [-0.1, -0.05) is 23.2 Å². The van der Waals surface area contributed by atoms with E-state index in [1.807, 2.05) is 12.3 Å². The van der Waals surface area contributed by atoms with E-state index < -0.39 is 11.9 Å². The summed E-state index contributed by atoms with van der Waals surface area (Å²) in [7, 11) is 1.37. The van der Waals surface area contributed by atoms with Crippen LogP contribution in [0.2, 0.25) is 10.0 Å². The molecule has 0 spiro atoms. The first-order chi connectivity index (χ1) is 15.8. The molecule has 2 aromatic heterocycles. The Morgan fingerprint density at radius 3 is 2.91 bits per heavy atom. The van der Waals surface area contributed by atoms with E-state index in [0.717, 1.165) is 0 Å². The summed E-state index contributed by atoms with van der Waals surface area (Å²) in [6.45, 7) is 2.29. The maximum absolute atomic E-state index is 13.9. The number of methoxy groups -OCH3 is 1. The van der Waals surface area contributed by atoms with Crippen molar-refractivity contribution in [1.82, 2.24) is 20.1 Å². The summed E-state index contributed by atoms with van der Waals surface area (Å²) in [4.78, 5) is 16.0. The monoisotopic (exact) mass is 493 g/mol. The number of nitrogens with zero attached hydrogens (tertiary/aromatic N) is 3. The maximum Gasteiger partial charge on any atom is 0.322 e. The van der Waals surface area contributed by atoms with Crippen molar-refractivity contribution in [2.75, 3.05) is 19.4 Å². The van der Waals surface area contributed by atoms with Crippen LogP contribution in [0.25, 0.3) is 11.3 Å². The van der Waals surface area contributed by atoms with Gasteiger partial charge in [0.1, 0.15) is 18.0 Å². The van der Waals surface area contributed by atoms with E-state index in [-0.39, 0.29) is 33.9 Å². The number of anilines is 1. The van der Waals surface area contributed by atoms with E-state index in [1.165, 1.54) is 19.2 Å². The molecule has 3 heterocycles. The quantitative estimate of drug-likeness (QED) is 0.391. The fourth-order valence-electron chi connectivity index (χ4n) is 3.79. The fourth-order valence-corrected chi connectivity index (χ4v) is 4.47. The largest absolute Gasteiger partial charge is 0.482 e. The van der Waals surface area contributed by atoms with Gasteiger partial charge >= 0.3 is 5.97 Å². The second-order valence-corrected chi connectivity index (χ2v) is 8.46. The number of nitrogen functional groups attached to an aromatic ring is 1. The normalized spacial score (nSPS) is 18.8. The molecule has 1 aliphatic rings. The van der Waals surface area contributed by atoms with E-state index >= 15 is 0 Å². The van der Waals surface area contributed by atoms with Crippen molar-refractivity contribution in [1.29, 1.82) is 0 Å². The Morgan fingerprint density at radius 2 is 2.15 bits per heavy atom. The van der Waals surface area contributed by atoms with Crippen LogP contribution >= 0.6 is 23.2 Å². The number of aromatic nitrogens is 3. The first kappa shape index (κ1) is 23.3. The van der Waals surface area contributed by atoms with E-state index in [2.05, 4.69) is 15.4 Å². The summed E-state index contributed by atoms with van der Waals surface area (Å²) in [5.74, 6) is -0.427. The van der Waals surface area contributed by atoms with Crippen LogP contribution in [-0.4, -0.2) is 40.4 Å². The Bertz CT molecular complexity index is 1190. The molecule has 3 aromatic rings. The molecular formula is C22H22Cl2FN5O3. The number of rotatable bonds is 6. The van der Waals surface area contributed by atoms with E-state index in [9.17, 15) is 9.18 Å². The van der Waals surface area contributed by atoms with Crippen LogP contribution in [-0.2, 0) is 9.53 Å². The van der Waals surface area contributed by atoms with Gasteiger partial charge in [0.05, 0.1) is 23.9 Å². The topological polar surface area (TPSA) is 104 Å². The van der Waals surface area contributed by atoms with Gasteiger partial charge in [-0.15, -0.1) is 0 Å². The summed E-state index contributed by atoms with van der Waals surface area (Å²) in [6, 6.07) is 5.82. The molecule has 1 saturated heterocycles. The molecule has 0 saturated carbocycles. The number of benzene rings is 1. The molecule has 0 radical (unpaired) electrons. The van der Waals surface area contributed by atoms with Crippen LogP contribution in [0.3, 0.4) is 0 Å². The zero-order valence-corrected chi connectivity index (χ0v) is 19.4. The molecule has 1 fully saturated rings. The molecule has 0 amide bonds. The van der Waals surface area contributed by atoms with Crippen molar-refractivity contribution in [2.24, 2.45) is 0 Å². The minimum absolute atomic E-state index is 0.0117. The molecule has 8 nitrogen and oxygen atoms in total. The number of nitrogens with two attached hydrogens (primary N) is 1. The average molecular weight is 494 g/mol. The number of hydrogen-bond acceptors (Lipinski definition) is 7. The summed E-state index contributed by atoms with van der Waals surface area (Å²) < 4.78 is 26.5. The van der Waals surface area contributed by atoms with Gasteiger partial charge in [-0.3, -0.25) is 9.48 Å². The van der Waals surface area contributed by atoms with Crippen LogP contribution in [0.4, 0.5) is 10.2 Å². The molecule has 33 heavy (non-hydrogen) atoms. The highest BCUT2D eigenvalue weighted by atomic mass is 35.5. The standard InChI is InChI=1S/C22H22Cl2FN5O3/c1-11(19-14(23)3-4-15(25)20(19)24)33-18-7-12(9-28-21(18)26)16-5-6-30(29-16)13-8-17(27-10-13)22(31)32-2/h3-7,9,11,13,17,27H,8,10H2,1-2H3,(H2,26,28). The second-order valence-electron chi connectivity index (χ2n) is 7.68. The Balaban J connectivity index is 1.54. The Morgan fingerprint density at radius 1 is 1.36 bits per heavy atom. The van der Waals surface area contributed by atoms with Gasteiger partial charge in [0.2, 0.25) is 0 Å². The number of esters is 1. The number of nitrogens with one attached hydrogen (secondary N) is 1. The summed E-state index contributed by atoms with van der Waals surface area (Å²) >= 11 is 12.3. The molecule has 3 N–H and O–H groups in total. The van der Waals surface area contributed by atoms with Crippen LogP contribution in [0.1, 0.15) is 31.1 Å². The lowest BCUT2D eigenvalue weighted by Gasteiger charge is -2.19. The molecule has 1 aliphatic heterocycles. The highest BCUT2D eigenvalue weighted by Gasteiger charge is 2.31. The molecule has 0 aliphatic carbocycles. The van der Waals surface area contributed by atoms with Crippen molar-refractivity contribution in [3.05, 3.63) is 58.1 Å². The SMILES string of the molecule is COC(=O)C1CC(n2ccc(-c3cnc(N)c(OC(C)c4c(Cl)ccc(F)c4Cl)c3)n2)CN1. The van der Waals surface area contributed by atoms with E-state index in [1.54, 1.807) is 23.9 Å². The number of carbonyl (C=O) groups is 1. The van der Waals surface area contributed by atoms with Gasteiger partial charge in [0.15, 0.2) is 11.6 Å². The van der Waals surface area contributed by atoms with Crippen LogP contribution in [0, 0.1) is 5.82 Å². The van der Waals surface area contributed by atoms with Gasteiger partial charge in [-0.25, -0.2) is 9.37 Å². The fraction of sp³-hybridized carbons (Fsp3) is 0.318. The Hall–Kier alpha value is -2.88. The van der Waals surface area contributed by atoms with Crippen LogP contribution in [0.5, 0.6) is 5.75 Å². The van der Waals surface area contributed by atoms with Crippen molar-refractivity contribution in [3.8, 4) is 17.0 Å². The van der Waals surface area contributed by atoms with Gasteiger partial charge < -0.3 is 20.5 Å². The number of carbonyl (C=O) groups excluding carboxylic acids is 1. The van der Waals surface area contributed by atoms with Crippen LogP contribution < -0.4 is 15.8 Å². The van der Waals surface area contributed by atoms with Gasteiger partial charge in [0, 0.05) is 35.1 Å². The zero-order valence-electron chi connectivity index (χ0n) is 17.9. The molecule has 3 atom stereocenters. The summed E-state index contributed by atoms with van der Waals surface area (Å²) in [6.07, 6.45) is 3.32. The third kappa shape index (κ3) is 4.75. The lowest BCUT2D eigenvalue weighted by molar-refractivity contribution is -0.142. The van der Waals surface area contributed by atoms with E-state index in [4.69, 9.17) is 38.4 Å². The molecule has 4 rings (SSSR count). The molecule has 11 heteroatoms. The van der Waals surface area contributed by atoms with E-state index in [0.29, 0.717) is 35.5 Å². The van der Waals surface area contributed by atoms with Gasteiger partial charge in [0.25, 0.3) is 0 Å². The number of halogens is 3. The minimum atomic E-state index is -0.683. The number of ether oxygens (including phenoxy) is 2. The predicted molar refractivity (Wildman–Crippen MR) is 123 cm³/mol. The Kier molecular flexibility index (Phi) is 6.73. The third-order valence-corrected chi connectivity index (χ3v) is 6.26. The summed E-state index contributed by atoms with van der Waals surface area (Å²) in [5, 5.41) is 7.94. The molecular weight excluding hydrogens is 472 g/mol. The minimum Gasteiger partial charge on any atom is -0.482 e. The van der Waals surface area contributed by atoms with Crippen molar-refractivity contribution >= 4 is 35.0 Å². The molecule has 0 bridgehead atoms. The second kappa shape index (κ2) is 9.54. The zero-order chi connectivity index (χ0) is 23.7. The lowest BCUT2D eigenvalue weighted by atomic mass is 10.1. The summed E-state index contributed by atoms with van der Waals surface area (Å²) in [5.41, 5.74) is 7.66. The van der Waals surface area contributed by atoms with Gasteiger partial charge in [-0.2, -0.15) is 5.10 Å². The molecule has 3 unspecified atom stereocenters. The first-order valence-corrected chi connectivity index (χ1v) is 11.0. The van der Waals surface area contributed by atoms with Crippen molar-refractivity contribution < 1.29 is 18.7 Å². The predicted octanol–water partition coefficient (Wildman–Crippen LogP) is 4.19.